The molecule has 2 atom stereocenters. The van der Waals surface area contributed by atoms with E-state index in [1.165, 1.54) is 25.7 Å². The average molecular weight is 223 g/mol. The molecular formula is C12H21N3O. The molecule has 0 bridgehead atoms. The van der Waals surface area contributed by atoms with E-state index >= 15 is 0 Å². The molecule has 1 fully saturated rings. The topological polar surface area (TPSA) is 39.1 Å². The minimum Gasteiger partial charge on any atom is -0.380 e. The highest BCUT2D eigenvalue weighted by atomic mass is 16.5. The number of hydrogen-bond donors (Lipinski definition) is 1. The summed E-state index contributed by atoms with van der Waals surface area (Å²) in [5, 5.41) is 7.76. The van der Waals surface area contributed by atoms with Gasteiger partial charge in [0.25, 0.3) is 0 Å². The second-order valence-electron chi connectivity index (χ2n) is 4.39. The van der Waals surface area contributed by atoms with Crippen molar-refractivity contribution < 1.29 is 4.74 Å². The number of nitrogens with zero attached hydrogens (tertiary/aromatic N) is 2. The SMILES string of the molecule is COC1CCCCC1NCCn1cccn1. The van der Waals surface area contributed by atoms with Crippen LogP contribution in [0.4, 0.5) is 0 Å². The molecule has 0 spiro atoms. The van der Waals surface area contributed by atoms with Crippen LogP contribution in [-0.4, -0.2) is 35.6 Å². The summed E-state index contributed by atoms with van der Waals surface area (Å²) in [4.78, 5) is 0. The van der Waals surface area contributed by atoms with Crippen molar-refractivity contribution in [2.24, 2.45) is 0 Å². The molecule has 2 rings (SSSR count). The van der Waals surface area contributed by atoms with Crippen molar-refractivity contribution in [2.75, 3.05) is 13.7 Å². The van der Waals surface area contributed by atoms with Crippen LogP contribution in [0, 0.1) is 0 Å². The first kappa shape index (κ1) is 11.6. The molecule has 16 heavy (non-hydrogen) atoms. The van der Waals surface area contributed by atoms with Crippen LogP contribution in [0.5, 0.6) is 0 Å². The van der Waals surface area contributed by atoms with E-state index in [9.17, 15) is 0 Å². The molecule has 1 aromatic rings. The summed E-state index contributed by atoms with van der Waals surface area (Å²) in [6.07, 6.45) is 9.25. The van der Waals surface area contributed by atoms with Crippen molar-refractivity contribution in [1.82, 2.24) is 15.1 Å². The van der Waals surface area contributed by atoms with Crippen molar-refractivity contribution in [3.63, 3.8) is 0 Å². The molecule has 0 radical (unpaired) electrons. The largest absolute Gasteiger partial charge is 0.380 e. The normalized spacial score (nSPS) is 25.8. The Balaban J connectivity index is 1.71. The first-order chi connectivity index (χ1) is 7.90. The number of ether oxygens (including phenoxy) is 1. The van der Waals surface area contributed by atoms with Gasteiger partial charge in [-0.3, -0.25) is 4.68 Å². The maximum Gasteiger partial charge on any atom is 0.0724 e. The van der Waals surface area contributed by atoms with Gasteiger partial charge in [-0.2, -0.15) is 5.10 Å². The summed E-state index contributed by atoms with van der Waals surface area (Å²) < 4.78 is 7.46. The lowest BCUT2D eigenvalue weighted by atomic mass is 9.92. The van der Waals surface area contributed by atoms with Crippen LogP contribution in [0.2, 0.25) is 0 Å². The minimum absolute atomic E-state index is 0.395. The molecule has 1 heterocycles. The van der Waals surface area contributed by atoms with E-state index in [1.807, 2.05) is 30.3 Å². The zero-order valence-electron chi connectivity index (χ0n) is 9.93. The Labute approximate surface area is 97.0 Å². The Bertz CT molecular complexity index is 286. The first-order valence-electron chi connectivity index (χ1n) is 6.14. The van der Waals surface area contributed by atoms with Gasteiger partial charge >= 0.3 is 0 Å². The Hall–Kier alpha value is -0.870. The summed E-state index contributed by atoms with van der Waals surface area (Å²) in [5.41, 5.74) is 0. The molecule has 0 aromatic carbocycles. The summed E-state index contributed by atoms with van der Waals surface area (Å²) in [6, 6.07) is 2.48. The van der Waals surface area contributed by atoms with Gasteiger partial charge in [0.2, 0.25) is 0 Å². The molecule has 1 aliphatic rings. The van der Waals surface area contributed by atoms with Gasteiger partial charge in [0.05, 0.1) is 12.6 Å². The number of rotatable bonds is 5. The maximum atomic E-state index is 5.51. The lowest BCUT2D eigenvalue weighted by Crippen LogP contribution is -2.44. The second-order valence-corrected chi connectivity index (χ2v) is 4.39. The van der Waals surface area contributed by atoms with Crippen LogP contribution in [0.3, 0.4) is 0 Å². The van der Waals surface area contributed by atoms with E-state index < -0.39 is 0 Å². The number of nitrogens with one attached hydrogen (secondary N) is 1. The Kier molecular flexibility index (Phi) is 4.36. The fraction of sp³-hybridized carbons (Fsp3) is 0.750. The van der Waals surface area contributed by atoms with E-state index in [4.69, 9.17) is 4.74 Å². The zero-order chi connectivity index (χ0) is 11.2. The highest BCUT2D eigenvalue weighted by molar-refractivity contribution is 4.82. The van der Waals surface area contributed by atoms with Crippen LogP contribution in [0.1, 0.15) is 25.7 Å². The molecule has 0 saturated heterocycles. The van der Waals surface area contributed by atoms with Crippen LogP contribution in [0.15, 0.2) is 18.5 Å². The Morgan fingerprint density at radius 2 is 2.31 bits per heavy atom. The minimum atomic E-state index is 0.395. The third kappa shape index (κ3) is 3.06. The summed E-state index contributed by atoms with van der Waals surface area (Å²) in [5.74, 6) is 0. The zero-order valence-corrected chi connectivity index (χ0v) is 9.93. The highest BCUT2D eigenvalue weighted by Crippen LogP contribution is 2.20. The molecule has 1 aliphatic carbocycles. The molecular weight excluding hydrogens is 202 g/mol. The van der Waals surface area contributed by atoms with Crippen molar-refractivity contribution >= 4 is 0 Å². The molecule has 4 heteroatoms. The van der Waals surface area contributed by atoms with E-state index in [-0.39, 0.29) is 0 Å². The van der Waals surface area contributed by atoms with Gasteiger partial charge in [-0.05, 0) is 18.9 Å². The monoisotopic (exact) mass is 223 g/mol. The standard InChI is InChI=1S/C12H21N3O/c1-16-12-6-3-2-5-11(12)13-8-10-15-9-4-7-14-15/h4,7,9,11-13H,2-3,5-6,8,10H2,1H3. The predicted octanol–water partition coefficient (Wildman–Crippen LogP) is 1.43. The average Bonchev–Trinajstić information content (AvgIpc) is 2.83. The summed E-state index contributed by atoms with van der Waals surface area (Å²) in [6.45, 7) is 1.89. The number of hydrogen-bond acceptors (Lipinski definition) is 3. The molecule has 90 valence electrons. The van der Waals surface area contributed by atoms with Crippen LogP contribution >= 0.6 is 0 Å². The number of aromatic nitrogens is 2. The maximum absolute atomic E-state index is 5.51. The lowest BCUT2D eigenvalue weighted by Gasteiger charge is -2.31. The fourth-order valence-electron chi connectivity index (χ4n) is 2.41. The van der Waals surface area contributed by atoms with E-state index in [0.717, 1.165) is 13.1 Å². The van der Waals surface area contributed by atoms with Gasteiger partial charge in [-0.25, -0.2) is 0 Å². The predicted molar refractivity (Wildman–Crippen MR) is 63.3 cm³/mol. The van der Waals surface area contributed by atoms with Gasteiger partial charge in [0.15, 0.2) is 0 Å². The van der Waals surface area contributed by atoms with Gasteiger partial charge < -0.3 is 10.1 Å². The molecule has 1 saturated carbocycles. The summed E-state index contributed by atoms with van der Waals surface area (Å²) in [7, 11) is 1.82. The van der Waals surface area contributed by atoms with Gasteiger partial charge in [-0.15, -0.1) is 0 Å². The second kappa shape index (κ2) is 6.01. The lowest BCUT2D eigenvalue weighted by molar-refractivity contribution is 0.0416. The van der Waals surface area contributed by atoms with Crippen molar-refractivity contribution in [2.45, 2.75) is 44.4 Å². The van der Waals surface area contributed by atoms with Gasteiger partial charge in [0.1, 0.15) is 0 Å². The molecule has 0 aliphatic heterocycles. The van der Waals surface area contributed by atoms with E-state index in [1.54, 1.807) is 0 Å². The van der Waals surface area contributed by atoms with Crippen molar-refractivity contribution in [3.8, 4) is 0 Å². The molecule has 4 nitrogen and oxygen atoms in total. The number of methoxy groups -OCH3 is 1. The molecule has 2 unspecified atom stereocenters. The van der Waals surface area contributed by atoms with Crippen LogP contribution in [0.25, 0.3) is 0 Å². The fourth-order valence-corrected chi connectivity index (χ4v) is 2.41. The Morgan fingerprint density at radius 3 is 3.06 bits per heavy atom. The van der Waals surface area contributed by atoms with Gasteiger partial charge in [-0.1, -0.05) is 12.8 Å². The van der Waals surface area contributed by atoms with Crippen LogP contribution in [-0.2, 0) is 11.3 Å². The smallest absolute Gasteiger partial charge is 0.0724 e. The van der Waals surface area contributed by atoms with E-state index in [0.29, 0.717) is 12.1 Å². The van der Waals surface area contributed by atoms with Crippen molar-refractivity contribution in [1.29, 1.82) is 0 Å². The third-order valence-corrected chi connectivity index (χ3v) is 3.31. The first-order valence-corrected chi connectivity index (χ1v) is 6.14. The van der Waals surface area contributed by atoms with Gasteiger partial charge in [0, 0.05) is 32.1 Å². The molecule has 1 N–H and O–H groups in total. The Morgan fingerprint density at radius 1 is 1.44 bits per heavy atom. The summed E-state index contributed by atoms with van der Waals surface area (Å²) >= 11 is 0. The highest BCUT2D eigenvalue weighted by Gasteiger charge is 2.23. The van der Waals surface area contributed by atoms with E-state index in [2.05, 4.69) is 10.4 Å². The van der Waals surface area contributed by atoms with Crippen LogP contribution < -0.4 is 5.32 Å². The molecule has 1 aromatic heterocycles. The third-order valence-electron chi connectivity index (χ3n) is 3.31. The molecule has 0 amide bonds. The quantitative estimate of drug-likeness (QED) is 0.820. The van der Waals surface area contributed by atoms with Crippen molar-refractivity contribution in [3.05, 3.63) is 18.5 Å².